The minimum atomic E-state index is -0.936. The highest BCUT2D eigenvalue weighted by atomic mass is 32.1. The van der Waals surface area contributed by atoms with Gasteiger partial charge >= 0.3 is 0 Å². The topological polar surface area (TPSA) is 75.3 Å². The summed E-state index contributed by atoms with van der Waals surface area (Å²) < 4.78 is 0. The van der Waals surface area contributed by atoms with E-state index in [-0.39, 0.29) is 5.91 Å². The Morgan fingerprint density at radius 2 is 1.84 bits per heavy atom. The van der Waals surface area contributed by atoms with E-state index in [1.165, 1.54) is 0 Å². The van der Waals surface area contributed by atoms with Crippen molar-refractivity contribution < 1.29 is 9.90 Å². The molecular weight excluding hydrogens is 332 g/mol. The van der Waals surface area contributed by atoms with Gasteiger partial charge in [-0.25, -0.2) is 0 Å². The van der Waals surface area contributed by atoms with Crippen molar-refractivity contribution in [1.29, 1.82) is 0 Å². The highest BCUT2D eigenvalue weighted by Gasteiger charge is 2.16. The van der Waals surface area contributed by atoms with Crippen molar-refractivity contribution in [2.24, 2.45) is 0 Å². The lowest BCUT2D eigenvalue weighted by atomic mass is 9.97. The van der Waals surface area contributed by atoms with Gasteiger partial charge in [0.15, 0.2) is 0 Å². The van der Waals surface area contributed by atoms with Crippen molar-refractivity contribution >= 4 is 28.6 Å². The molecule has 5 heteroatoms. The van der Waals surface area contributed by atoms with E-state index in [2.05, 4.69) is 5.32 Å². The normalized spacial score (nSPS) is 11.3. The van der Waals surface area contributed by atoms with E-state index in [0.29, 0.717) is 16.9 Å². The highest BCUT2D eigenvalue weighted by molar-refractivity contribution is 7.13. The van der Waals surface area contributed by atoms with Gasteiger partial charge in [0.25, 0.3) is 5.91 Å². The van der Waals surface area contributed by atoms with Crippen LogP contribution in [0.4, 0.5) is 11.4 Å². The quantitative estimate of drug-likeness (QED) is 0.606. The number of hydrogen-bond donors (Lipinski definition) is 3. The van der Waals surface area contributed by atoms with Gasteiger partial charge in [-0.05, 0) is 60.7 Å². The Morgan fingerprint density at radius 1 is 1.12 bits per heavy atom. The maximum Gasteiger partial charge on any atom is 0.255 e. The van der Waals surface area contributed by atoms with Crippen LogP contribution in [-0.2, 0) is 5.60 Å². The average molecular weight is 352 g/mol. The van der Waals surface area contributed by atoms with Crippen molar-refractivity contribution in [1.82, 2.24) is 0 Å². The van der Waals surface area contributed by atoms with Gasteiger partial charge < -0.3 is 16.2 Å². The minimum Gasteiger partial charge on any atom is -0.397 e. The molecule has 0 unspecified atom stereocenters. The fraction of sp³-hybridized carbons (Fsp3) is 0.150. The van der Waals surface area contributed by atoms with E-state index in [1.54, 1.807) is 55.5 Å². The zero-order valence-electron chi connectivity index (χ0n) is 14.1. The fourth-order valence-electron chi connectivity index (χ4n) is 2.48. The van der Waals surface area contributed by atoms with Crippen molar-refractivity contribution in [3.63, 3.8) is 0 Å². The van der Waals surface area contributed by atoms with Crippen molar-refractivity contribution in [3.05, 3.63) is 71.1 Å². The highest BCUT2D eigenvalue weighted by Crippen LogP contribution is 2.30. The first-order valence-corrected chi connectivity index (χ1v) is 8.80. The van der Waals surface area contributed by atoms with Gasteiger partial charge in [0, 0.05) is 10.4 Å². The molecule has 3 rings (SSSR count). The van der Waals surface area contributed by atoms with Gasteiger partial charge in [-0.2, -0.15) is 0 Å². The van der Waals surface area contributed by atoms with Crippen LogP contribution in [0.1, 0.15) is 29.8 Å². The molecule has 0 spiro atoms. The van der Waals surface area contributed by atoms with Crippen molar-refractivity contribution in [3.8, 4) is 10.4 Å². The smallest absolute Gasteiger partial charge is 0.255 e. The predicted octanol–water partition coefficient (Wildman–Crippen LogP) is 4.48. The van der Waals surface area contributed by atoms with Crippen LogP contribution in [0.3, 0.4) is 0 Å². The van der Waals surface area contributed by atoms with Crippen LogP contribution in [0.15, 0.2) is 60.0 Å². The van der Waals surface area contributed by atoms with Crippen LogP contribution in [0.5, 0.6) is 0 Å². The number of amides is 1. The zero-order valence-corrected chi connectivity index (χ0v) is 14.9. The molecule has 3 aromatic rings. The summed E-state index contributed by atoms with van der Waals surface area (Å²) in [4.78, 5) is 13.6. The second kappa shape index (κ2) is 6.70. The third kappa shape index (κ3) is 3.90. The standard InChI is InChI=1S/C20H20N2O2S/c1-20(2,24)15-8-5-13(6-9-15)19(23)22-17-12-14(7-10-16(17)21)18-4-3-11-25-18/h3-12,24H,21H2,1-2H3,(H,22,23). The van der Waals surface area contributed by atoms with E-state index >= 15 is 0 Å². The molecule has 1 heterocycles. The Kier molecular flexibility index (Phi) is 4.61. The molecule has 0 aliphatic heterocycles. The Balaban J connectivity index is 1.82. The second-order valence-corrected chi connectivity index (χ2v) is 7.32. The van der Waals surface area contributed by atoms with E-state index in [4.69, 9.17) is 5.73 Å². The van der Waals surface area contributed by atoms with E-state index in [9.17, 15) is 9.90 Å². The van der Waals surface area contributed by atoms with Crippen LogP contribution in [0, 0.1) is 0 Å². The summed E-state index contributed by atoms with van der Waals surface area (Å²) in [6, 6.07) is 16.5. The number of nitrogens with one attached hydrogen (secondary N) is 1. The molecule has 0 saturated carbocycles. The maximum absolute atomic E-state index is 12.5. The average Bonchev–Trinajstić information content (AvgIpc) is 3.10. The number of benzene rings is 2. The first-order chi connectivity index (χ1) is 11.8. The van der Waals surface area contributed by atoms with Crippen molar-refractivity contribution in [2.75, 3.05) is 11.1 Å². The summed E-state index contributed by atoms with van der Waals surface area (Å²) in [6.45, 7) is 3.41. The number of aliphatic hydroxyl groups is 1. The number of nitrogens with two attached hydrogens (primary N) is 1. The lowest BCUT2D eigenvalue weighted by Crippen LogP contribution is -2.17. The lowest BCUT2D eigenvalue weighted by molar-refractivity contribution is 0.0785. The SMILES string of the molecule is CC(C)(O)c1ccc(C(=O)Nc2cc(-c3cccs3)ccc2N)cc1. The molecule has 4 nitrogen and oxygen atoms in total. The summed E-state index contributed by atoms with van der Waals surface area (Å²) in [5, 5.41) is 14.9. The largest absolute Gasteiger partial charge is 0.397 e. The van der Waals surface area contributed by atoms with E-state index in [0.717, 1.165) is 16.0 Å². The van der Waals surface area contributed by atoms with Gasteiger partial charge in [0.2, 0.25) is 0 Å². The number of thiophene rings is 1. The molecular formula is C20H20N2O2S. The summed E-state index contributed by atoms with van der Waals surface area (Å²) >= 11 is 1.63. The Hall–Kier alpha value is -2.63. The Labute approximate surface area is 150 Å². The number of hydrogen-bond acceptors (Lipinski definition) is 4. The molecule has 0 bridgehead atoms. The monoisotopic (exact) mass is 352 g/mol. The van der Waals surface area contributed by atoms with Crippen LogP contribution in [-0.4, -0.2) is 11.0 Å². The van der Waals surface area contributed by atoms with Crippen molar-refractivity contribution in [2.45, 2.75) is 19.4 Å². The Morgan fingerprint density at radius 3 is 2.44 bits per heavy atom. The molecule has 1 amide bonds. The summed E-state index contributed by atoms with van der Waals surface area (Å²) in [5.41, 5.74) is 8.44. The van der Waals surface area contributed by atoms with Gasteiger partial charge in [-0.3, -0.25) is 4.79 Å². The molecule has 0 aliphatic rings. The molecule has 2 aromatic carbocycles. The molecule has 0 fully saturated rings. The number of anilines is 2. The van der Waals surface area contributed by atoms with Crippen LogP contribution >= 0.6 is 11.3 Å². The van der Waals surface area contributed by atoms with Crippen LogP contribution in [0.2, 0.25) is 0 Å². The van der Waals surface area contributed by atoms with E-state index in [1.807, 2.05) is 29.6 Å². The number of rotatable bonds is 4. The van der Waals surface area contributed by atoms with E-state index < -0.39 is 5.60 Å². The van der Waals surface area contributed by atoms with Gasteiger partial charge in [-0.15, -0.1) is 11.3 Å². The summed E-state index contributed by atoms with van der Waals surface area (Å²) in [7, 11) is 0. The molecule has 0 saturated heterocycles. The van der Waals surface area contributed by atoms with Gasteiger partial charge in [0.1, 0.15) is 0 Å². The molecule has 0 aliphatic carbocycles. The molecule has 0 atom stereocenters. The summed E-state index contributed by atoms with van der Waals surface area (Å²) in [5.74, 6) is -0.239. The fourth-order valence-corrected chi connectivity index (χ4v) is 3.21. The second-order valence-electron chi connectivity index (χ2n) is 6.37. The van der Waals surface area contributed by atoms with Crippen LogP contribution < -0.4 is 11.1 Å². The molecule has 25 heavy (non-hydrogen) atoms. The minimum absolute atomic E-state index is 0.239. The molecule has 0 radical (unpaired) electrons. The first kappa shape index (κ1) is 17.2. The lowest BCUT2D eigenvalue weighted by Gasteiger charge is -2.18. The number of nitrogen functional groups attached to an aromatic ring is 1. The Bertz CT molecular complexity index is 879. The number of carbonyl (C=O) groups excluding carboxylic acids is 1. The maximum atomic E-state index is 12.5. The third-order valence-electron chi connectivity index (χ3n) is 3.96. The third-order valence-corrected chi connectivity index (χ3v) is 4.88. The predicted molar refractivity (Wildman–Crippen MR) is 104 cm³/mol. The molecule has 128 valence electrons. The summed E-state index contributed by atoms with van der Waals surface area (Å²) in [6.07, 6.45) is 0. The van der Waals surface area contributed by atoms with Crippen LogP contribution in [0.25, 0.3) is 10.4 Å². The number of carbonyl (C=O) groups is 1. The van der Waals surface area contributed by atoms with Gasteiger partial charge in [-0.1, -0.05) is 24.3 Å². The zero-order chi connectivity index (χ0) is 18.0. The first-order valence-electron chi connectivity index (χ1n) is 7.92. The molecule has 1 aromatic heterocycles. The van der Waals surface area contributed by atoms with Gasteiger partial charge in [0.05, 0.1) is 17.0 Å². The molecule has 4 N–H and O–H groups in total.